The number of pyridine rings is 1. The van der Waals surface area contributed by atoms with E-state index in [2.05, 4.69) is 10.3 Å². The van der Waals surface area contributed by atoms with Crippen molar-refractivity contribution in [1.82, 2.24) is 4.98 Å². The van der Waals surface area contributed by atoms with Crippen LogP contribution in [0.3, 0.4) is 0 Å². The van der Waals surface area contributed by atoms with Crippen molar-refractivity contribution < 1.29 is 4.79 Å². The zero-order valence-electron chi connectivity index (χ0n) is 13.8. The lowest BCUT2D eigenvalue weighted by molar-refractivity contribution is 0.0988. The van der Waals surface area contributed by atoms with Crippen LogP contribution in [-0.2, 0) is 0 Å². The van der Waals surface area contributed by atoms with E-state index < -0.39 is 0 Å². The monoisotopic (exact) mass is 351 g/mol. The molecule has 1 amide bonds. The molecule has 0 aliphatic rings. The van der Waals surface area contributed by atoms with E-state index in [0.29, 0.717) is 22.9 Å². The zero-order chi connectivity index (χ0) is 17.6. The molecule has 0 fully saturated rings. The normalized spacial score (nSPS) is 10.3. The molecule has 25 heavy (non-hydrogen) atoms. The van der Waals surface area contributed by atoms with Gasteiger partial charge in [-0.15, -0.1) is 0 Å². The molecule has 3 aromatic rings. The van der Waals surface area contributed by atoms with E-state index in [4.69, 9.17) is 11.6 Å². The van der Waals surface area contributed by atoms with Crippen molar-refractivity contribution in [2.24, 2.45) is 0 Å². The first-order valence-corrected chi connectivity index (χ1v) is 8.40. The van der Waals surface area contributed by atoms with Crippen molar-refractivity contribution in [3.63, 3.8) is 0 Å². The molecule has 0 atom stereocenters. The van der Waals surface area contributed by atoms with Gasteiger partial charge >= 0.3 is 0 Å². The lowest BCUT2D eigenvalue weighted by Crippen LogP contribution is -2.30. The van der Waals surface area contributed by atoms with Crippen LogP contribution < -0.4 is 10.2 Å². The van der Waals surface area contributed by atoms with Crippen molar-refractivity contribution in [2.75, 3.05) is 16.8 Å². The summed E-state index contributed by atoms with van der Waals surface area (Å²) in [5.41, 5.74) is 2.31. The fraction of sp³-hybridized carbons (Fsp3) is 0.100. The molecule has 126 valence electrons. The summed E-state index contributed by atoms with van der Waals surface area (Å²) >= 11 is 5.90. The third-order valence-electron chi connectivity index (χ3n) is 3.75. The molecule has 0 bridgehead atoms. The van der Waals surface area contributed by atoms with Gasteiger partial charge in [0.1, 0.15) is 5.82 Å². The van der Waals surface area contributed by atoms with Crippen LogP contribution >= 0.6 is 11.6 Å². The fourth-order valence-electron chi connectivity index (χ4n) is 2.52. The highest BCUT2D eigenvalue weighted by molar-refractivity contribution is 6.30. The Labute approximate surface area is 152 Å². The van der Waals surface area contributed by atoms with Crippen LogP contribution in [0.5, 0.6) is 0 Å². The summed E-state index contributed by atoms with van der Waals surface area (Å²) in [5.74, 6) is 0.549. The number of nitrogens with zero attached hydrogens (tertiary/aromatic N) is 2. The number of hydrogen-bond acceptors (Lipinski definition) is 3. The first-order chi connectivity index (χ1) is 12.2. The number of aromatic nitrogens is 1. The molecule has 1 N–H and O–H groups in total. The van der Waals surface area contributed by atoms with Crippen LogP contribution in [0, 0.1) is 0 Å². The summed E-state index contributed by atoms with van der Waals surface area (Å²) in [4.78, 5) is 18.9. The van der Waals surface area contributed by atoms with Crippen LogP contribution in [0.2, 0.25) is 5.02 Å². The van der Waals surface area contributed by atoms with Gasteiger partial charge < -0.3 is 10.2 Å². The lowest BCUT2D eigenvalue weighted by Gasteiger charge is -2.21. The van der Waals surface area contributed by atoms with E-state index in [0.717, 1.165) is 11.4 Å². The third-order valence-corrected chi connectivity index (χ3v) is 4.00. The van der Waals surface area contributed by atoms with E-state index in [1.165, 1.54) is 0 Å². The van der Waals surface area contributed by atoms with Crippen LogP contribution in [0.25, 0.3) is 0 Å². The number of benzene rings is 2. The van der Waals surface area contributed by atoms with Gasteiger partial charge in [-0.3, -0.25) is 4.79 Å². The van der Waals surface area contributed by atoms with Crippen LogP contribution in [0.15, 0.2) is 72.9 Å². The molecule has 1 aromatic heterocycles. The maximum atomic E-state index is 12.9. The Morgan fingerprint density at radius 3 is 2.48 bits per heavy atom. The average molecular weight is 352 g/mol. The van der Waals surface area contributed by atoms with Crippen LogP contribution in [0.4, 0.5) is 17.2 Å². The molecule has 1 heterocycles. The van der Waals surface area contributed by atoms with Crippen LogP contribution in [0.1, 0.15) is 17.3 Å². The first kappa shape index (κ1) is 17.0. The molecule has 0 unspecified atom stereocenters. The molecular formula is C20H18ClN3O. The number of amides is 1. The van der Waals surface area contributed by atoms with Crippen molar-refractivity contribution in [1.29, 1.82) is 0 Å². The summed E-state index contributed by atoms with van der Waals surface area (Å²) in [6.07, 6.45) is 1.63. The highest BCUT2D eigenvalue weighted by Crippen LogP contribution is 2.20. The topological polar surface area (TPSA) is 45.2 Å². The van der Waals surface area contributed by atoms with Gasteiger partial charge in [-0.05, 0) is 55.5 Å². The Bertz CT molecular complexity index is 850. The number of nitrogens with one attached hydrogen (secondary N) is 1. The number of rotatable bonds is 5. The smallest absolute Gasteiger partial charge is 0.258 e. The Hall–Kier alpha value is -2.85. The largest absolute Gasteiger partial charge is 0.340 e. The molecule has 0 spiro atoms. The predicted molar refractivity (Wildman–Crippen MR) is 103 cm³/mol. The average Bonchev–Trinajstić information content (AvgIpc) is 2.65. The number of para-hydroxylation sites is 1. The molecule has 5 heteroatoms. The van der Waals surface area contributed by atoms with Gasteiger partial charge in [0.2, 0.25) is 0 Å². The number of carbonyl (C=O) groups is 1. The molecule has 4 nitrogen and oxygen atoms in total. The van der Waals surface area contributed by atoms with Gasteiger partial charge in [0.25, 0.3) is 5.91 Å². The van der Waals surface area contributed by atoms with Crippen LogP contribution in [-0.4, -0.2) is 17.4 Å². The second-order valence-corrected chi connectivity index (χ2v) is 5.88. The SMILES string of the molecule is CCN(C(=O)c1ccnc(Nc2ccc(Cl)cc2)c1)c1ccccc1. The van der Waals surface area contributed by atoms with Gasteiger partial charge in [0.05, 0.1) is 0 Å². The molecule has 0 radical (unpaired) electrons. The number of hydrogen-bond donors (Lipinski definition) is 1. The van der Waals surface area contributed by atoms with E-state index in [9.17, 15) is 4.79 Å². The first-order valence-electron chi connectivity index (χ1n) is 8.03. The maximum absolute atomic E-state index is 12.9. The maximum Gasteiger partial charge on any atom is 0.258 e. The minimum absolute atomic E-state index is 0.0599. The van der Waals surface area contributed by atoms with Crippen molar-refractivity contribution in [2.45, 2.75) is 6.92 Å². The molecule has 0 aliphatic heterocycles. The van der Waals surface area contributed by atoms with Gasteiger partial charge in [-0.2, -0.15) is 0 Å². The molecule has 0 saturated heterocycles. The third kappa shape index (κ3) is 4.17. The van der Waals surface area contributed by atoms with E-state index >= 15 is 0 Å². The minimum atomic E-state index is -0.0599. The summed E-state index contributed by atoms with van der Waals surface area (Å²) in [7, 11) is 0. The van der Waals surface area contributed by atoms with Crippen molar-refractivity contribution >= 4 is 34.7 Å². The summed E-state index contributed by atoms with van der Waals surface area (Å²) < 4.78 is 0. The second kappa shape index (κ2) is 7.81. The molecule has 3 rings (SSSR count). The van der Waals surface area contributed by atoms with E-state index in [-0.39, 0.29) is 5.91 Å². The fourth-order valence-corrected chi connectivity index (χ4v) is 2.65. The van der Waals surface area contributed by atoms with Gasteiger partial charge in [-0.25, -0.2) is 4.98 Å². The van der Waals surface area contributed by atoms with Gasteiger partial charge in [-0.1, -0.05) is 29.8 Å². The highest BCUT2D eigenvalue weighted by Gasteiger charge is 2.16. The second-order valence-electron chi connectivity index (χ2n) is 5.45. The quantitative estimate of drug-likeness (QED) is 0.691. The van der Waals surface area contributed by atoms with Gasteiger partial charge in [0, 0.05) is 34.7 Å². The van der Waals surface area contributed by atoms with E-state index in [1.807, 2.05) is 49.4 Å². The Balaban J connectivity index is 1.82. The molecule has 0 aliphatic carbocycles. The number of halogens is 1. The van der Waals surface area contributed by atoms with Crippen molar-refractivity contribution in [3.8, 4) is 0 Å². The standard InChI is InChI=1S/C20H18ClN3O/c1-2-24(18-6-4-3-5-7-18)20(25)15-12-13-22-19(14-15)23-17-10-8-16(21)9-11-17/h3-14H,2H2,1H3,(H,22,23). The number of carbonyl (C=O) groups excluding carboxylic acids is 1. The highest BCUT2D eigenvalue weighted by atomic mass is 35.5. The minimum Gasteiger partial charge on any atom is -0.340 e. The van der Waals surface area contributed by atoms with E-state index in [1.54, 1.807) is 35.4 Å². The predicted octanol–water partition coefficient (Wildman–Crippen LogP) is 5.15. The molecular weight excluding hydrogens is 334 g/mol. The summed E-state index contributed by atoms with van der Waals surface area (Å²) in [6, 6.07) is 20.4. The summed E-state index contributed by atoms with van der Waals surface area (Å²) in [6.45, 7) is 2.55. The lowest BCUT2D eigenvalue weighted by atomic mass is 10.2. The zero-order valence-corrected chi connectivity index (χ0v) is 14.6. The number of anilines is 3. The molecule has 2 aromatic carbocycles. The Kier molecular flexibility index (Phi) is 5.31. The van der Waals surface area contributed by atoms with Crippen molar-refractivity contribution in [3.05, 3.63) is 83.5 Å². The van der Waals surface area contributed by atoms with Gasteiger partial charge in [0.15, 0.2) is 0 Å². The summed E-state index contributed by atoms with van der Waals surface area (Å²) in [5, 5.41) is 3.85. The molecule has 0 saturated carbocycles. The Morgan fingerprint density at radius 1 is 1.08 bits per heavy atom. The Morgan fingerprint density at radius 2 is 1.80 bits per heavy atom.